The Hall–Kier alpha value is -2.43. The van der Waals surface area contributed by atoms with Gasteiger partial charge in [0.25, 0.3) is 0 Å². The number of carbonyl (C=O) groups is 1. The van der Waals surface area contributed by atoms with Gasteiger partial charge in [-0.3, -0.25) is 0 Å². The van der Waals surface area contributed by atoms with Crippen LogP contribution in [0.25, 0.3) is 0 Å². The van der Waals surface area contributed by atoms with Crippen molar-refractivity contribution in [2.24, 2.45) is 0 Å². The third-order valence-corrected chi connectivity index (χ3v) is 2.96. The lowest BCUT2D eigenvalue weighted by Crippen LogP contribution is -2.10. The Bertz CT molecular complexity index is 644. The number of rotatable bonds is 4. The van der Waals surface area contributed by atoms with Crippen LogP contribution in [-0.4, -0.2) is 11.1 Å². The van der Waals surface area contributed by atoms with Gasteiger partial charge in [0.1, 0.15) is 11.6 Å². The molecule has 0 spiro atoms. The number of nitrogens with one attached hydrogen (secondary N) is 1. The molecule has 0 heterocycles. The maximum absolute atomic E-state index is 13.8. The van der Waals surface area contributed by atoms with Crippen LogP contribution in [-0.2, 0) is 0 Å². The lowest BCUT2D eigenvalue weighted by Gasteiger charge is -2.17. The van der Waals surface area contributed by atoms with Gasteiger partial charge in [0.15, 0.2) is 0 Å². The standard InChI is InChI=1S/C15H13F2NO2/c1-9(11-4-2-3-5-12(11)16)18-14-7-6-10(15(19)20)8-13(14)17/h2-9,18H,1H3,(H,19,20). The highest BCUT2D eigenvalue weighted by molar-refractivity contribution is 5.88. The molecular weight excluding hydrogens is 264 g/mol. The van der Waals surface area contributed by atoms with E-state index in [1.807, 2.05) is 0 Å². The van der Waals surface area contributed by atoms with E-state index in [-0.39, 0.29) is 17.1 Å². The Morgan fingerprint density at radius 3 is 2.45 bits per heavy atom. The van der Waals surface area contributed by atoms with Gasteiger partial charge in [-0.1, -0.05) is 18.2 Å². The molecule has 2 rings (SSSR count). The lowest BCUT2D eigenvalue weighted by atomic mass is 10.1. The number of hydrogen-bond donors (Lipinski definition) is 2. The number of hydrogen-bond acceptors (Lipinski definition) is 2. The number of carboxylic acids is 1. The first kappa shape index (κ1) is 14.0. The quantitative estimate of drug-likeness (QED) is 0.892. The fraction of sp³-hybridized carbons (Fsp3) is 0.133. The molecule has 2 N–H and O–H groups in total. The van der Waals surface area contributed by atoms with Crippen LogP contribution in [0.4, 0.5) is 14.5 Å². The molecule has 1 unspecified atom stereocenters. The number of aromatic carboxylic acids is 1. The van der Waals surface area contributed by atoms with E-state index < -0.39 is 17.8 Å². The maximum Gasteiger partial charge on any atom is 0.335 e. The highest BCUT2D eigenvalue weighted by Crippen LogP contribution is 2.24. The predicted molar refractivity (Wildman–Crippen MR) is 71.8 cm³/mol. The Balaban J connectivity index is 2.22. The average molecular weight is 277 g/mol. The summed E-state index contributed by atoms with van der Waals surface area (Å²) in [5.41, 5.74) is 0.409. The molecule has 1 atom stereocenters. The van der Waals surface area contributed by atoms with E-state index in [0.717, 1.165) is 6.07 Å². The molecule has 0 aliphatic heterocycles. The summed E-state index contributed by atoms with van der Waals surface area (Å²) in [6, 6.07) is 9.32. The molecule has 3 nitrogen and oxygen atoms in total. The van der Waals surface area contributed by atoms with E-state index in [0.29, 0.717) is 5.56 Å². The normalized spacial score (nSPS) is 11.9. The van der Waals surface area contributed by atoms with E-state index in [2.05, 4.69) is 5.32 Å². The molecule has 0 saturated carbocycles. The van der Waals surface area contributed by atoms with Crippen molar-refractivity contribution in [1.82, 2.24) is 0 Å². The molecule has 0 aliphatic carbocycles. The van der Waals surface area contributed by atoms with Crippen molar-refractivity contribution < 1.29 is 18.7 Å². The van der Waals surface area contributed by atoms with Crippen LogP contribution < -0.4 is 5.32 Å². The fourth-order valence-electron chi connectivity index (χ4n) is 1.90. The molecule has 2 aromatic rings. The zero-order valence-electron chi connectivity index (χ0n) is 10.7. The topological polar surface area (TPSA) is 49.3 Å². The third-order valence-electron chi connectivity index (χ3n) is 2.96. The first-order valence-corrected chi connectivity index (χ1v) is 6.03. The molecule has 104 valence electrons. The highest BCUT2D eigenvalue weighted by atomic mass is 19.1. The molecule has 0 amide bonds. The second kappa shape index (κ2) is 5.69. The van der Waals surface area contributed by atoms with Crippen molar-refractivity contribution in [3.05, 3.63) is 65.2 Å². The average Bonchev–Trinajstić information content (AvgIpc) is 2.41. The summed E-state index contributed by atoms with van der Waals surface area (Å²) in [5, 5.41) is 11.6. The van der Waals surface area contributed by atoms with Crippen LogP contribution in [0.1, 0.15) is 28.9 Å². The van der Waals surface area contributed by atoms with Gasteiger partial charge < -0.3 is 10.4 Å². The molecule has 5 heteroatoms. The van der Waals surface area contributed by atoms with Gasteiger partial charge in [-0.15, -0.1) is 0 Å². The first-order chi connectivity index (χ1) is 9.49. The van der Waals surface area contributed by atoms with Gasteiger partial charge in [-0.2, -0.15) is 0 Å². The van der Waals surface area contributed by atoms with Gasteiger partial charge in [0.2, 0.25) is 0 Å². The SMILES string of the molecule is CC(Nc1ccc(C(=O)O)cc1F)c1ccccc1F. The minimum absolute atomic E-state index is 0.130. The van der Waals surface area contributed by atoms with E-state index >= 15 is 0 Å². The van der Waals surface area contributed by atoms with E-state index in [1.54, 1.807) is 25.1 Å². The number of halogens is 2. The van der Waals surface area contributed by atoms with E-state index in [1.165, 1.54) is 18.2 Å². The van der Waals surface area contributed by atoms with Gasteiger partial charge in [0.05, 0.1) is 17.3 Å². The summed E-state index contributed by atoms with van der Waals surface area (Å²) in [4.78, 5) is 10.7. The predicted octanol–water partition coefficient (Wildman–Crippen LogP) is 3.84. The maximum atomic E-state index is 13.8. The smallest absolute Gasteiger partial charge is 0.335 e. The Morgan fingerprint density at radius 1 is 1.15 bits per heavy atom. The monoisotopic (exact) mass is 277 g/mol. The molecule has 0 fully saturated rings. The van der Waals surface area contributed by atoms with Crippen LogP contribution in [0.3, 0.4) is 0 Å². The number of benzene rings is 2. The summed E-state index contributed by atoms with van der Waals surface area (Å²) in [6.45, 7) is 1.70. The first-order valence-electron chi connectivity index (χ1n) is 6.03. The van der Waals surface area contributed by atoms with E-state index in [9.17, 15) is 13.6 Å². The van der Waals surface area contributed by atoms with Gasteiger partial charge in [-0.05, 0) is 31.2 Å². The summed E-state index contributed by atoms with van der Waals surface area (Å²) in [6.07, 6.45) is 0. The second-order valence-corrected chi connectivity index (χ2v) is 4.39. The largest absolute Gasteiger partial charge is 0.478 e. The fourth-order valence-corrected chi connectivity index (χ4v) is 1.90. The van der Waals surface area contributed by atoms with Crippen LogP contribution >= 0.6 is 0 Å². The molecule has 20 heavy (non-hydrogen) atoms. The molecule has 0 aromatic heterocycles. The summed E-state index contributed by atoms with van der Waals surface area (Å²) < 4.78 is 27.4. The molecule has 0 bridgehead atoms. The van der Waals surface area contributed by atoms with E-state index in [4.69, 9.17) is 5.11 Å². The van der Waals surface area contributed by atoms with Crippen molar-refractivity contribution in [3.63, 3.8) is 0 Å². The number of carboxylic acid groups (broad SMARTS) is 1. The summed E-state index contributed by atoms with van der Waals surface area (Å²) in [7, 11) is 0. The molecule has 2 aromatic carbocycles. The van der Waals surface area contributed by atoms with Crippen LogP contribution in [0.15, 0.2) is 42.5 Å². The zero-order chi connectivity index (χ0) is 14.7. The van der Waals surface area contributed by atoms with Crippen LogP contribution in [0.5, 0.6) is 0 Å². The van der Waals surface area contributed by atoms with Crippen LogP contribution in [0, 0.1) is 11.6 Å². The zero-order valence-corrected chi connectivity index (χ0v) is 10.7. The van der Waals surface area contributed by atoms with Gasteiger partial charge in [0, 0.05) is 5.56 Å². The van der Waals surface area contributed by atoms with Crippen molar-refractivity contribution in [2.45, 2.75) is 13.0 Å². The Labute approximate surface area is 114 Å². The van der Waals surface area contributed by atoms with Gasteiger partial charge >= 0.3 is 5.97 Å². The van der Waals surface area contributed by atoms with Crippen molar-refractivity contribution >= 4 is 11.7 Å². The Kier molecular flexibility index (Phi) is 3.98. The lowest BCUT2D eigenvalue weighted by molar-refractivity contribution is 0.0696. The minimum Gasteiger partial charge on any atom is -0.478 e. The molecule has 0 radical (unpaired) electrons. The second-order valence-electron chi connectivity index (χ2n) is 4.39. The molecular formula is C15H13F2NO2. The highest BCUT2D eigenvalue weighted by Gasteiger charge is 2.13. The summed E-state index contributed by atoms with van der Waals surface area (Å²) >= 11 is 0. The minimum atomic E-state index is -1.20. The van der Waals surface area contributed by atoms with Crippen LogP contribution in [0.2, 0.25) is 0 Å². The Morgan fingerprint density at radius 2 is 1.85 bits per heavy atom. The molecule has 0 saturated heterocycles. The number of anilines is 1. The summed E-state index contributed by atoms with van der Waals surface area (Å²) in [5.74, 6) is -2.26. The van der Waals surface area contributed by atoms with Crippen molar-refractivity contribution in [3.8, 4) is 0 Å². The van der Waals surface area contributed by atoms with Crippen molar-refractivity contribution in [1.29, 1.82) is 0 Å². The molecule has 0 aliphatic rings. The third kappa shape index (κ3) is 2.93. The van der Waals surface area contributed by atoms with Gasteiger partial charge in [-0.25, -0.2) is 13.6 Å². The van der Waals surface area contributed by atoms with Crippen molar-refractivity contribution in [2.75, 3.05) is 5.32 Å².